The third kappa shape index (κ3) is 10.3. The van der Waals surface area contributed by atoms with Crippen LogP contribution in [0, 0.1) is 12.3 Å². The lowest BCUT2D eigenvalue weighted by atomic mass is 9.85. The lowest BCUT2D eigenvalue weighted by Crippen LogP contribution is -2.58. The van der Waals surface area contributed by atoms with Gasteiger partial charge in [-0.15, -0.1) is 11.3 Å². The Morgan fingerprint density at radius 2 is 1.89 bits per heavy atom. The highest BCUT2D eigenvalue weighted by Crippen LogP contribution is 2.32. The first kappa shape index (κ1) is 36.0. The number of nitrogens with one attached hydrogen (secondary N) is 2. The van der Waals surface area contributed by atoms with E-state index in [0.717, 1.165) is 26.1 Å². The predicted octanol–water partition coefficient (Wildman–Crippen LogP) is 4.47. The Labute approximate surface area is 277 Å². The molecule has 3 atom stereocenters. The number of nitrogens with zero attached hydrogens (tertiary/aromatic N) is 2. The van der Waals surface area contributed by atoms with E-state index in [1.165, 1.54) is 4.90 Å². The lowest BCUT2D eigenvalue weighted by molar-refractivity contribution is -0.142. The third-order valence-electron chi connectivity index (χ3n) is 6.87. The van der Waals surface area contributed by atoms with Crippen LogP contribution in [0.2, 0.25) is 0 Å². The van der Waals surface area contributed by atoms with E-state index < -0.39 is 47.1 Å². The summed E-state index contributed by atoms with van der Waals surface area (Å²) in [7, 11) is 0. The number of alkyl carbamates (subject to hydrolysis) is 1. The molecule has 3 rings (SSSR count). The van der Waals surface area contributed by atoms with Gasteiger partial charge in [-0.2, -0.15) is 0 Å². The molecule has 13 heteroatoms. The van der Waals surface area contributed by atoms with E-state index in [4.69, 9.17) is 14.2 Å². The van der Waals surface area contributed by atoms with E-state index in [-0.39, 0.29) is 19.5 Å². The van der Waals surface area contributed by atoms with Crippen molar-refractivity contribution in [2.24, 2.45) is 5.41 Å². The summed E-state index contributed by atoms with van der Waals surface area (Å²) in [6.07, 6.45) is -1.52. The van der Waals surface area contributed by atoms with Crippen LogP contribution in [0.15, 0.2) is 23.7 Å². The number of ether oxygens (including phenoxy) is 3. The molecular weight excluding hydrogens is 699 g/mol. The number of alkyl halides is 1. The van der Waals surface area contributed by atoms with Gasteiger partial charge in [0.05, 0.1) is 35.4 Å². The number of carbonyl (C=O) groups excluding carboxylic acids is 3. The van der Waals surface area contributed by atoms with Gasteiger partial charge in [-0.1, -0.05) is 55.5 Å². The van der Waals surface area contributed by atoms with Gasteiger partial charge in [0.15, 0.2) is 0 Å². The zero-order chi connectivity index (χ0) is 32.7. The van der Waals surface area contributed by atoms with Gasteiger partial charge in [0.25, 0.3) is 0 Å². The van der Waals surface area contributed by atoms with Crippen molar-refractivity contribution in [2.75, 3.05) is 30.8 Å². The van der Waals surface area contributed by atoms with Gasteiger partial charge in [0.2, 0.25) is 11.8 Å². The standard InChI is InChI=1S/C31H45IN4O7S/c1-19-25(44-18-34-19)20-8-9-21(24(14-20)42-13-12-41-11-10-32)16-33-27(38)23-15-22(37)17-36(23)28(39)26(30(2,3)4)35-29(40)43-31(5,6)7/h8-9,14,18,22-23,26,37H,10-13,15-17H2,1-7H3,(H,33,38)(H,35,40)/t22-,23+,26-/m1/s1. The molecule has 1 fully saturated rings. The molecule has 0 radical (unpaired) electrons. The minimum absolute atomic E-state index is 0.0199. The van der Waals surface area contributed by atoms with Gasteiger partial charge < -0.3 is 34.9 Å². The first-order chi connectivity index (χ1) is 20.6. The van der Waals surface area contributed by atoms with Crippen LogP contribution in [0.1, 0.15) is 59.2 Å². The number of aliphatic hydroxyl groups is 1. The summed E-state index contributed by atoms with van der Waals surface area (Å²) in [5, 5.41) is 16.1. The van der Waals surface area contributed by atoms with Gasteiger partial charge in [0.1, 0.15) is 30.0 Å². The summed E-state index contributed by atoms with van der Waals surface area (Å²) in [6.45, 7) is 14.2. The monoisotopic (exact) mass is 744 g/mol. The van der Waals surface area contributed by atoms with Crippen LogP contribution in [-0.2, 0) is 25.6 Å². The number of aliphatic hydroxyl groups excluding tert-OH is 1. The number of thiazole rings is 1. The highest BCUT2D eigenvalue weighted by molar-refractivity contribution is 14.1. The molecule has 1 aliphatic rings. The van der Waals surface area contributed by atoms with Gasteiger partial charge in [0, 0.05) is 29.5 Å². The van der Waals surface area contributed by atoms with Gasteiger partial charge >= 0.3 is 6.09 Å². The van der Waals surface area contributed by atoms with Gasteiger partial charge in [-0.3, -0.25) is 9.59 Å². The number of halogens is 1. The smallest absolute Gasteiger partial charge is 0.408 e. The van der Waals surface area contributed by atoms with E-state index >= 15 is 0 Å². The van der Waals surface area contributed by atoms with Crippen molar-refractivity contribution in [3.05, 3.63) is 35.0 Å². The zero-order valence-corrected chi connectivity index (χ0v) is 29.5. The van der Waals surface area contributed by atoms with Crippen LogP contribution < -0.4 is 15.4 Å². The summed E-state index contributed by atoms with van der Waals surface area (Å²) in [5.41, 5.74) is 3.01. The number of hydrogen-bond donors (Lipinski definition) is 3. The maximum absolute atomic E-state index is 13.8. The number of benzene rings is 1. The molecule has 2 aromatic rings. The van der Waals surface area contributed by atoms with Crippen molar-refractivity contribution in [2.45, 2.75) is 85.2 Å². The average Bonchev–Trinajstić information content (AvgIpc) is 3.54. The second-order valence-electron chi connectivity index (χ2n) is 12.8. The van der Waals surface area contributed by atoms with Gasteiger partial charge in [-0.05, 0) is 44.7 Å². The second-order valence-corrected chi connectivity index (χ2v) is 14.7. The van der Waals surface area contributed by atoms with Crippen molar-refractivity contribution >= 4 is 51.8 Å². The molecule has 1 aromatic heterocycles. The highest BCUT2D eigenvalue weighted by atomic mass is 127. The van der Waals surface area contributed by atoms with Crippen LogP contribution in [0.5, 0.6) is 5.75 Å². The van der Waals surface area contributed by atoms with Crippen molar-refractivity contribution in [3.63, 3.8) is 0 Å². The minimum Gasteiger partial charge on any atom is -0.491 e. The number of hydrogen-bond acceptors (Lipinski definition) is 9. The molecule has 0 aliphatic carbocycles. The molecule has 0 spiro atoms. The topological polar surface area (TPSA) is 139 Å². The second kappa shape index (κ2) is 15.7. The fourth-order valence-electron chi connectivity index (χ4n) is 4.77. The molecule has 11 nitrogen and oxygen atoms in total. The maximum atomic E-state index is 13.8. The highest BCUT2D eigenvalue weighted by Gasteiger charge is 2.44. The van der Waals surface area contributed by atoms with Crippen molar-refractivity contribution in [3.8, 4) is 16.2 Å². The Balaban J connectivity index is 1.76. The summed E-state index contributed by atoms with van der Waals surface area (Å²) < 4.78 is 17.9. The number of carbonyl (C=O) groups is 3. The number of likely N-dealkylation sites (tertiary alicyclic amines) is 1. The number of β-amino-alcohol motifs (C(OH)–C–C–N with tert-alkyl or cyclic N) is 1. The first-order valence-corrected chi connectivity index (χ1v) is 17.1. The van der Waals surface area contributed by atoms with Crippen molar-refractivity contribution in [1.82, 2.24) is 20.5 Å². The van der Waals surface area contributed by atoms with Crippen molar-refractivity contribution < 1.29 is 33.7 Å². The molecule has 1 saturated heterocycles. The van der Waals surface area contributed by atoms with E-state index in [1.54, 1.807) is 37.6 Å². The van der Waals surface area contributed by atoms with E-state index in [0.29, 0.717) is 25.6 Å². The van der Waals surface area contributed by atoms with E-state index in [9.17, 15) is 19.5 Å². The van der Waals surface area contributed by atoms with Crippen molar-refractivity contribution in [1.29, 1.82) is 0 Å². The number of rotatable bonds is 12. The molecule has 3 amide bonds. The number of aromatic nitrogens is 1. The van der Waals surface area contributed by atoms with Crippen LogP contribution >= 0.6 is 33.9 Å². The molecule has 1 aliphatic heterocycles. The number of amides is 3. The Kier molecular flexibility index (Phi) is 12.8. The van der Waals surface area contributed by atoms with E-state index in [2.05, 4.69) is 38.2 Å². The van der Waals surface area contributed by atoms with Crippen LogP contribution in [0.4, 0.5) is 4.79 Å². The Hall–Kier alpha value is -2.49. The molecular formula is C31H45IN4O7S. The molecule has 2 heterocycles. The predicted molar refractivity (Wildman–Crippen MR) is 178 cm³/mol. The average molecular weight is 745 g/mol. The normalized spacial score (nSPS) is 17.7. The Morgan fingerprint density at radius 1 is 1.16 bits per heavy atom. The molecule has 0 bridgehead atoms. The molecule has 0 unspecified atom stereocenters. The third-order valence-corrected chi connectivity index (χ3v) is 8.29. The maximum Gasteiger partial charge on any atom is 0.408 e. The SMILES string of the molecule is Cc1ncsc1-c1ccc(CNC(=O)[C@@H]2C[C@@H](O)CN2C(=O)[C@@H](NC(=O)OC(C)(C)C)C(C)(C)C)c(OCCOCCI)c1. The summed E-state index contributed by atoms with van der Waals surface area (Å²) in [4.78, 5) is 46.6. The number of aryl methyl sites for hydroxylation is 1. The molecule has 3 N–H and O–H groups in total. The minimum atomic E-state index is -0.977. The molecule has 0 saturated carbocycles. The fourth-order valence-corrected chi connectivity index (χ4v) is 5.88. The largest absolute Gasteiger partial charge is 0.491 e. The Morgan fingerprint density at radius 3 is 2.50 bits per heavy atom. The van der Waals surface area contributed by atoms with Crippen LogP contribution in [-0.4, -0.2) is 87.5 Å². The van der Waals surface area contributed by atoms with Crippen LogP contribution in [0.25, 0.3) is 10.4 Å². The zero-order valence-electron chi connectivity index (χ0n) is 26.6. The van der Waals surface area contributed by atoms with Crippen LogP contribution in [0.3, 0.4) is 0 Å². The summed E-state index contributed by atoms with van der Waals surface area (Å²) in [6, 6.07) is 3.92. The summed E-state index contributed by atoms with van der Waals surface area (Å²) in [5.74, 6) is -0.249. The molecule has 44 heavy (non-hydrogen) atoms. The molecule has 1 aromatic carbocycles. The molecule has 244 valence electrons. The summed E-state index contributed by atoms with van der Waals surface area (Å²) >= 11 is 3.79. The first-order valence-electron chi connectivity index (χ1n) is 14.7. The quantitative estimate of drug-likeness (QED) is 0.165. The van der Waals surface area contributed by atoms with E-state index in [1.807, 2.05) is 45.9 Å². The fraction of sp³-hybridized carbons (Fsp3) is 0.613. The Bertz CT molecular complexity index is 1290. The van der Waals surface area contributed by atoms with Gasteiger partial charge in [-0.25, -0.2) is 9.78 Å². The lowest BCUT2D eigenvalue weighted by Gasteiger charge is -2.35.